The first-order valence-electron chi connectivity index (χ1n) is 5.44. The number of rotatable bonds is 1. The lowest BCUT2D eigenvalue weighted by atomic mass is 10.1. The van der Waals surface area contributed by atoms with Crippen LogP contribution in [0.2, 0.25) is 0 Å². The second kappa shape index (κ2) is 3.38. The van der Waals surface area contributed by atoms with E-state index in [2.05, 4.69) is 28.8 Å². The van der Waals surface area contributed by atoms with E-state index in [9.17, 15) is 0 Å². The summed E-state index contributed by atoms with van der Waals surface area (Å²) >= 11 is 0. The number of nitrogens with zero attached hydrogens (tertiary/aromatic N) is 2. The fourth-order valence-corrected chi connectivity index (χ4v) is 2.28. The highest BCUT2D eigenvalue weighted by Gasteiger charge is 2.13. The average Bonchev–Trinajstić information content (AvgIpc) is 2.84. The lowest BCUT2D eigenvalue weighted by Gasteiger charge is -1.99. The van der Waals surface area contributed by atoms with Gasteiger partial charge in [-0.05, 0) is 12.5 Å². The third-order valence-electron chi connectivity index (χ3n) is 3.00. The van der Waals surface area contributed by atoms with E-state index in [0.29, 0.717) is 11.6 Å². The van der Waals surface area contributed by atoms with Gasteiger partial charge in [0.05, 0.1) is 5.52 Å². The second-order valence-corrected chi connectivity index (χ2v) is 4.24. The molecule has 2 N–H and O–H groups in total. The minimum atomic E-state index is 0.407. The van der Waals surface area contributed by atoms with Crippen LogP contribution in [0.15, 0.2) is 35.0 Å². The molecule has 3 aromatic rings. The number of nitrogen functional groups attached to an aromatic ring is 1. The highest BCUT2D eigenvalue weighted by molar-refractivity contribution is 5.96. The van der Waals surface area contributed by atoms with Crippen LogP contribution in [0.3, 0.4) is 0 Å². The maximum absolute atomic E-state index is 5.59. The van der Waals surface area contributed by atoms with Gasteiger partial charge < -0.3 is 14.8 Å². The van der Waals surface area contributed by atoms with E-state index in [0.717, 1.165) is 10.9 Å². The van der Waals surface area contributed by atoms with E-state index in [1.807, 2.05) is 19.3 Å². The van der Waals surface area contributed by atoms with Crippen molar-refractivity contribution in [2.24, 2.45) is 7.05 Å². The molecule has 2 aromatic heterocycles. The molecule has 0 spiro atoms. The van der Waals surface area contributed by atoms with Crippen LogP contribution in [0, 0.1) is 6.92 Å². The first kappa shape index (κ1) is 9.96. The van der Waals surface area contributed by atoms with Crippen LogP contribution in [0.25, 0.3) is 22.2 Å². The first-order chi connectivity index (χ1) is 8.16. The Morgan fingerprint density at radius 3 is 2.88 bits per heavy atom. The van der Waals surface area contributed by atoms with Gasteiger partial charge in [0.25, 0.3) is 0 Å². The number of aromatic nitrogens is 2. The van der Waals surface area contributed by atoms with Gasteiger partial charge in [-0.15, -0.1) is 0 Å². The highest BCUT2D eigenvalue weighted by Crippen LogP contribution is 2.32. The summed E-state index contributed by atoms with van der Waals surface area (Å²) in [6.07, 6.45) is 2.04. The van der Waals surface area contributed by atoms with Crippen molar-refractivity contribution in [2.75, 3.05) is 5.73 Å². The van der Waals surface area contributed by atoms with Gasteiger partial charge in [0, 0.05) is 30.3 Å². The third-order valence-corrected chi connectivity index (χ3v) is 3.00. The molecule has 3 rings (SSSR count). The Balaban J connectivity index is 2.35. The van der Waals surface area contributed by atoms with Crippen LogP contribution in [0.5, 0.6) is 0 Å². The van der Waals surface area contributed by atoms with Crippen LogP contribution < -0.4 is 5.73 Å². The monoisotopic (exact) mass is 227 g/mol. The number of hydrogen-bond acceptors (Lipinski definition) is 3. The van der Waals surface area contributed by atoms with Crippen molar-refractivity contribution >= 4 is 16.7 Å². The molecular formula is C13H13N3O. The maximum Gasteiger partial charge on any atom is 0.171 e. The molecule has 0 amide bonds. The van der Waals surface area contributed by atoms with E-state index in [1.54, 1.807) is 6.07 Å². The zero-order valence-corrected chi connectivity index (χ0v) is 9.77. The summed E-state index contributed by atoms with van der Waals surface area (Å²) < 4.78 is 7.32. The van der Waals surface area contributed by atoms with Crippen molar-refractivity contribution in [3.8, 4) is 11.3 Å². The largest absolute Gasteiger partial charge is 0.381 e. The topological polar surface area (TPSA) is 57.0 Å². The fraction of sp³-hybridized carbons (Fsp3) is 0.154. The van der Waals surface area contributed by atoms with Gasteiger partial charge in [-0.3, -0.25) is 0 Å². The molecule has 4 heteroatoms. The zero-order valence-electron chi connectivity index (χ0n) is 9.77. The van der Waals surface area contributed by atoms with Gasteiger partial charge in [-0.2, -0.15) is 0 Å². The third kappa shape index (κ3) is 1.41. The molecule has 86 valence electrons. The molecule has 17 heavy (non-hydrogen) atoms. The van der Waals surface area contributed by atoms with Crippen LogP contribution in [0.4, 0.5) is 5.82 Å². The Morgan fingerprint density at radius 1 is 1.35 bits per heavy atom. The normalized spacial score (nSPS) is 11.2. The Kier molecular flexibility index (Phi) is 1.98. The average molecular weight is 227 g/mol. The van der Waals surface area contributed by atoms with E-state index >= 15 is 0 Å². The SMILES string of the molecule is Cc1cccc2c(-c3cc(N)no3)cn(C)c12. The minimum Gasteiger partial charge on any atom is -0.381 e. The van der Waals surface area contributed by atoms with Crippen LogP contribution in [-0.2, 0) is 7.05 Å². The van der Waals surface area contributed by atoms with Crippen LogP contribution in [-0.4, -0.2) is 9.72 Å². The van der Waals surface area contributed by atoms with Crippen molar-refractivity contribution in [1.29, 1.82) is 0 Å². The van der Waals surface area contributed by atoms with Crippen molar-refractivity contribution in [1.82, 2.24) is 9.72 Å². The summed E-state index contributed by atoms with van der Waals surface area (Å²) in [5, 5.41) is 4.88. The van der Waals surface area contributed by atoms with E-state index in [1.165, 1.54) is 11.1 Å². The maximum atomic E-state index is 5.59. The lowest BCUT2D eigenvalue weighted by molar-refractivity contribution is 0.436. The molecule has 0 aliphatic carbocycles. The van der Waals surface area contributed by atoms with Gasteiger partial charge in [-0.25, -0.2) is 0 Å². The summed E-state index contributed by atoms with van der Waals surface area (Å²) in [6.45, 7) is 2.10. The highest BCUT2D eigenvalue weighted by atomic mass is 16.5. The molecule has 1 aromatic carbocycles. The summed E-state index contributed by atoms with van der Waals surface area (Å²) in [6, 6.07) is 7.97. The Morgan fingerprint density at radius 2 is 2.18 bits per heavy atom. The van der Waals surface area contributed by atoms with Crippen molar-refractivity contribution in [3.63, 3.8) is 0 Å². The first-order valence-corrected chi connectivity index (χ1v) is 5.44. The number of anilines is 1. The van der Waals surface area contributed by atoms with Crippen molar-refractivity contribution in [3.05, 3.63) is 36.0 Å². The standard InChI is InChI=1S/C13H13N3O/c1-8-4-3-5-9-10(7-16(2)13(8)9)11-6-12(14)15-17-11/h3-7H,1-2H3,(H2,14,15). The molecule has 4 nitrogen and oxygen atoms in total. The van der Waals surface area contributed by atoms with Crippen molar-refractivity contribution < 1.29 is 4.52 Å². The molecule has 0 bridgehead atoms. The smallest absolute Gasteiger partial charge is 0.171 e. The molecule has 0 unspecified atom stereocenters. The number of fused-ring (bicyclic) bond motifs is 1. The Labute approximate surface area is 98.6 Å². The molecule has 0 aliphatic heterocycles. The fourth-order valence-electron chi connectivity index (χ4n) is 2.28. The lowest BCUT2D eigenvalue weighted by Crippen LogP contribution is -1.86. The molecule has 0 saturated heterocycles. The number of para-hydroxylation sites is 1. The molecular weight excluding hydrogens is 214 g/mol. The van der Waals surface area contributed by atoms with Gasteiger partial charge in [0.1, 0.15) is 0 Å². The molecule has 2 heterocycles. The van der Waals surface area contributed by atoms with Crippen LogP contribution in [0.1, 0.15) is 5.56 Å². The molecule has 0 radical (unpaired) electrons. The van der Waals surface area contributed by atoms with Gasteiger partial charge in [-0.1, -0.05) is 23.4 Å². The summed E-state index contributed by atoms with van der Waals surface area (Å²) in [4.78, 5) is 0. The Hall–Kier alpha value is -2.23. The zero-order chi connectivity index (χ0) is 12.0. The number of benzene rings is 1. The number of nitrogens with two attached hydrogens (primary N) is 1. The summed E-state index contributed by atoms with van der Waals surface area (Å²) in [5.41, 5.74) is 9.05. The van der Waals surface area contributed by atoms with E-state index in [4.69, 9.17) is 10.3 Å². The molecule has 0 atom stereocenters. The summed E-state index contributed by atoms with van der Waals surface area (Å²) in [5.74, 6) is 1.11. The molecule has 0 saturated carbocycles. The van der Waals surface area contributed by atoms with E-state index in [-0.39, 0.29) is 0 Å². The summed E-state index contributed by atoms with van der Waals surface area (Å²) in [7, 11) is 2.03. The van der Waals surface area contributed by atoms with Crippen molar-refractivity contribution in [2.45, 2.75) is 6.92 Å². The quantitative estimate of drug-likeness (QED) is 0.695. The van der Waals surface area contributed by atoms with Gasteiger partial charge >= 0.3 is 0 Å². The van der Waals surface area contributed by atoms with Gasteiger partial charge in [0.15, 0.2) is 11.6 Å². The molecule has 0 fully saturated rings. The number of aryl methyl sites for hydroxylation is 2. The molecule has 0 aliphatic rings. The predicted molar refractivity (Wildman–Crippen MR) is 67.6 cm³/mol. The second-order valence-electron chi connectivity index (χ2n) is 4.24. The van der Waals surface area contributed by atoms with E-state index < -0.39 is 0 Å². The Bertz CT molecular complexity index is 694. The minimum absolute atomic E-state index is 0.407. The van der Waals surface area contributed by atoms with Gasteiger partial charge in [0.2, 0.25) is 0 Å². The predicted octanol–water partition coefficient (Wildman–Crippen LogP) is 2.72. The van der Waals surface area contributed by atoms with Crippen LogP contribution >= 0.6 is 0 Å². The number of hydrogen-bond donors (Lipinski definition) is 1.